The monoisotopic (exact) mass is 249 g/mol. The lowest BCUT2D eigenvalue weighted by molar-refractivity contribution is -0.128. The Balaban J connectivity index is 2.12. The van der Waals surface area contributed by atoms with Gasteiger partial charge in [-0.25, -0.2) is 0 Å². The van der Waals surface area contributed by atoms with Gasteiger partial charge in [0.05, 0.1) is 6.20 Å². The Hall–Kier alpha value is -1.69. The molecule has 0 aromatic carbocycles. The summed E-state index contributed by atoms with van der Waals surface area (Å²) in [5, 5.41) is 8.10. The number of nitrogens with two attached hydrogens (primary N) is 1. The van der Waals surface area contributed by atoms with Crippen LogP contribution in [0.25, 0.3) is 0 Å². The highest BCUT2D eigenvalue weighted by atomic mass is 16.2. The number of anilines is 1. The Morgan fingerprint density at radius 2 is 2.22 bits per heavy atom. The molecule has 0 radical (unpaired) electrons. The zero-order chi connectivity index (χ0) is 13.0. The second kappa shape index (κ2) is 5.77. The molecule has 98 valence electrons. The Bertz CT molecular complexity index is 423. The van der Waals surface area contributed by atoms with Gasteiger partial charge in [-0.1, -0.05) is 0 Å². The second-order valence-electron chi connectivity index (χ2n) is 4.43. The minimum absolute atomic E-state index is 0.134. The first-order chi connectivity index (χ1) is 8.72. The molecule has 0 atom stereocenters. The van der Waals surface area contributed by atoms with Crippen molar-refractivity contribution in [2.45, 2.75) is 19.9 Å². The van der Waals surface area contributed by atoms with E-state index in [2.05, 4.69) is 15.1 Å². The van der Waals surface area contributed by atoms with Gasteiger partial charge in [-0.05, 0) is 12.5 Å². The van der Waals surface area contributed by atoms with E-state index in [4.69, 9.17) is 5.73 Å². The molecule has 1 fully saturated rings. The van der Waals surface area contributed by atoms with Crippen LogP contribution < -0.4 is 10.6 Å². The number of rotatable bonds is 2. The minimum atomic E-state index is 0.134. The highest BCUT2D eigenvalue weighted by Crippen LogP contribution is 2.17. The van der Waals surface area contributed by atoms with Gasteiger partial charge >= 0.3 is 0 Å². The summed E-state index contributed by atoms with van der Waals surface area (Å²) in [7, 11) is 0. The van der Waals surface area contributed by atoms with E-state index in [0.717, 1.165) is 44.0 Å². The van der Waals surface area contributed by atoms with Crippen LogP contribution in [0.4, 0.5) is 5.82 Å². The largest absolute Gasteiger partial charge is 0.353 e. The summed E-state index contributed by atoms with van der Waals surface area (Å²) in [5.74, 6) is 0.987. The quantitative estimate of drug-likeness (QED) is 0.798. The van der Waals surface area contributed by atoms with E-state index in [9.17, 15) is 4.79 Å². The van der Waals surface area contributed by atoms with Gasteiger partial charge in [-0.3, -0.25) is 4.79 Å². The van der Waals surface area contributed by atoms with E-state index in [1.807, 2.05) is 11.0 Å². The maximum Gasteiger partial charge on any atom is 0.219 e. The molecule has 1 aromatic heterocycles. The third-order valence-corrected chi connectivity index (χ3v) is 3.24. The molecular weight excluding hydrogens is 230 g/mol. The number of carbonyl (C=O) groups is 1. The van der Waals surface area contributed by atoms with Crippen LogP contribution in [-0.2, 0) is 11.3 Å². The number of nitrogens with zero attached hydrogens (tertiary/aromatic N) is 4. The highest BCUT2D eigenvalue weighted by Gasteiger charge is 2.19. The summed E-state index contributed by atoms with van der Waals surface area (Å²) in [6, 6.07) is 1.90. The fraction of sp³-hybridized carbons (Fsp3) is 0.583. The molecule has 1 aromatic rings. The summed E-state index contributed by atoms with van der Waals surface area (Å²) in [6.07, 6.45) is 2.60. The molecule has 0 spiro atoms. The number of aromatic nitrogens is 2. The van der Waals surface area contributed by atoms with Crippen molar-refractivity contribution < 1.29 is 4.79 Å². The smallest absolute Gasteiger partial charge is 0.219 e. The maximum absolute atomic E-state index is 11.4. The van der Waals surface area contributed by atoms with Crippen molar-refractivity contribution in [1.29, 1.82) is 0 Å². The van der Waals surface area contributed by atoms with Crippen LogP contribution in [0.1, 0.15) is 18.9 Å². The summed E-state index contributed by atoms with van der Waals surface area (Å²) < 4.78 is 0. The van der Waals surface area contributed by atoms with Crippen molar-refractivity contribution in [3.8, 4) is 0 Å². The lowest BCUT2D eigenvalue weighted by atomic mass is 10.2. The molecule has 6 nitrogen and oxygen atoms in total. The van der Waals surface area contributed by atoms with Gasteiger partial charge in [-0.15, -0.1) is 5.10 Å². The van der Waals surface area contributed by atoms with E-state index in [0.29, 0.717) is 6.54 Å². The predicted octanol–water partition coefficient (Wildman–Crippen LogP) is -0.00610. The Kier molecular flexibility index (Phi) is 4.09. The van der Waals surface area contributed by atoms with Crippen LogP contribution >= 0.6 is 0 Å². The van der Waals surface area contributed by atoms with Crippen molar-refractivity contribution in [2.24, 2.45) is 5.73 Å². The van der Waals surface area contributed by atoms with E-state index in [1.165, 1.54) is 0 Å². The van der Waals surface area contributed by atoms with Crippen LogP contribution in [0.3, 0.4) is 0 Å². The van der Waals surface area contributed by atoms with Gasteiger partial charge in [0.2, 0.25) is 5.91 Å². The standard InChI is InChI=1S/C12H19N5O/c1-10(18)16-5-2-6-17(8-7-16)12-11(9-13)3-4-14-15-12/h3-4H,2,5-9,13H2,1H3. The van der Waals surface area contributed by atoms with E-state index < -0.39 is 0 Å². The van der Waals surface area contributed by atoms with Crippen molar-refractivity contribution >= 4 is 11.7 Å². The predicted molar refractivity (Wildman–Crippen MR) is 69.0 cm³/mol. The molecule has 0 bridgehead atoms. The summed E-state index contributed by atoms with van der Waals surface area (Å²) in [6.45, 7) is 5.28. The SMILES string of the molecule is CC(=O)N1CCCN(c2nnccc2CN)CC1. The van der Waals surface area contributed by atoms with Crippen LogP contribution in [0.15, 0.2) is 12.3 Å². The van der Waals surface area contributed by atoms with Gasteiger partial charge in [0, 0.05) is 45.2 Å². The maximum atomic E-state index is 11.4. The van der Waals surface area contributed by atoms with Crippen LogP contribution in [0, 0.1) is 0 Å². The van der Waals surface area contributed by atoms with Crippen LogP contribution in [0.5, 0.6) is 0 Å². The highest BCUT2D eigenvalue weighted by molar-refractivity contribution is 5.73. The lowest BCUT2D eigenvalue weighted by Crippen LogP contribution is -2.34. The number of hydrogen-bond acceptors (Lipinski definition) is 5. The molecule has 0 saturated carbocycles. The summed E-state index contributed by atoms with van der Waals surface area (Å²) in [4.78, 5) is 15.4. The first-order valence-electron chi connectivity index (χ1n) is 6.23. The molecule has 18 heavy (non-hydrogen) atoms. The van der Waals surface area contributed by atoms with Gasteiger partial charge in [-0.2, -0.15) is 5.10 Å². The fourth-order valence-corrected chi connectivity index (χ4v) is 2.22. The third-order valence-electron chi connectivity index (χ3n) is 3.24. The molecule has 2 N–H and O–H groups in total. The lowest BCUT2D eigenvalue weighted by Gasteiger charge is -2.23. The zero-order valence-electron chi connectivity index (χ0n) is 10.7. The molecular formula is C12H19N5O. The average molecular weight is 249 g/mol. The van der Waals surface area contributed by atoms with Crippen molar-refractivity contribution in [3.05, 3.63) is 17.8 Å². The Morgan fingerprint density at radius 3 is 2.94 bits per heavy atom. The molecule has 6 heteroatoms. The van der Waals surface area contributed by atoms with Crippen LogP contribution in [0.2, 0.25) is 0 Å². The topological polar surface area (TPSA) is 75.4 Å². The Morgan fingerprint density at radius 1 is 1.39 bits per heavy atom. The minimum Gasteiger partial charge on any atom is -0.353 e. The van der Waals surface area contributed by atoms with E-state index in [-0.39, 0.29) is 5.91 Å². The molecule has 2 heterocycles. The molecule has 1 saturated heterocycles. The van der Waals surface area contributed by atoms with Gasteiger partial charge in [0.15, 0.2) is 5.82 Å². The van der Waals surface area contributed by atoms with Crippen molar-refractivity contribution in [1.82, 2.24) is 15.1 Å². The fourth-order valence-electron chi connectivity index (χ4n) is 2.22. The second-order valence-corrected chi connectivity index (χ2v) is 4.43. The normalized spacial score (nSPS) is 16.6. The molecule has 0 aliphatic carbocycles. The first-order valence-corrected chi connectivity index (χ1v) is 6.23. The van der Waals surface area contributed by atoms with E-state index in [1.54, 1.807) is 13.1 Å². The van der Waals surface area contributed by atoms with Gasteiger partial charge in [0.25, 0.3) is 0 Å². The molecule has 1 aliphatic heterocycles. The third kappa shape index (κ3) is 2.76. The number of amides is 1. The average Bonchev–Trinajstić information content (AvgIpc) is 2.64. The molecule has 1 amide bonds. The van der Waals surface area contributed by atoms with E-state index >= 15 is 0 Å². The van der Waals surface area contributed by atoms with Gasteiger partial charge in [0.1, 0.15) is 0 Å². The molecule has 2 rings (SSSR count). The van der Waals surface area contributed by atoms with Crippen LogP contribution in [-0.4, -0.2) is 47.2 Å². The van der Waals surface area contributed by atoms with Crippen molar-refractivity contribution in [2.75, 3.05) is 31.1 Å². The number of carbonyl (C=O) groups excluding carboxylic acids is 1. The van der Waals surface area contributed by atoms with Crippen molar-refractivity contribution in [3.63, 3.8) is 0 Å². The molecule has 1 aliphatic rings. The molecule has 0 unspecified atom stereocenters. The number of hydrogen-bond donors (Lipinski definition) is 1. The summed E-state index contributed by atoms with van der Waals surface area (Å²) in [5.41, 5.74) is 6.71. The first kappa shape index (κ1) is 12.8. The van der Waals surface area contributed by atoms with Gasteiger partial charge < -0.3 is 15.5 Å². The zero-order valence-corrected chi connectivity index (χ0v) is 10.7. The Labute approximate surface area is 107 Å². The summed E-state index contributed by atoms with van der Waals surface area (Å²) >= 11 is 0.